The average Bonchev–Trinajstić information content (AvgIpc) is 2.61. The Morgan fingerprint density at radius 1 is 1.12 bits per heavy atom. The molecule has 0 spiro atoms. The van der Waals surface area contributed by atoms with Crippen LogP contribution < -0.4 is 14.8 Å². The minimum absolute atomic E-state index is 0.0275. The van der Waals surface area contributed by atoms with Crippen molar-refractivity contribution in [1.82, 2.24) is 0 Å². The van der Waals surface area contributed by atoms with Gasteiger partial charge in [-0.25, -0.2) is 0 Å². The standard InChI is InChI=1S/C17H12Cl2N2O5/c18-11-3-1-10(7-14(11)21(23)24)2-4-17(22)20-13-9-16-15(8-12(13)19)25-5-6-26-16/h1-4,7-9H,5-6H2,(H,20,22)/b4-2+. The summed E-state index contributed by atoms with van der Waals surface area (Å²) in [6.45, 7) is 0.849. The lowest BCUT2D eigenvalue weighted by atomic mass is 10.2. The van der Waals surface area contributed by atoms with Gasteiger partial charge in [0.05, 0.1) is 15.6 Å². The minimum Gasteiger partial charge on any atom is -0.486 e. The van der Waals surface area contributed by atoms with Crippen LogP contribution in [0.15, 0.2) is 36.4 Å². The molecule has 0 bridgehead atoms. The van der Waals surface area contributed by atoms with Crippen molar-refractivity contribution in [3.63, 3.8) is 0 Å². The summed E-state index contributed by atoms with van der Waals surface area (Å²) < 4.78 is 10.9. The Balaban J connectivity index is 1.74. The molecule has 7 nitrogen and oxygen atoms in total. The molecule has 1 heterocycles. The highest BCUT2D eigenvalue weighted by Crippen LogP contribution is 2.38. The molecule has 1 N–H and O–H groups in total. The maximum atomic E-state index is 12.1. The lowest BCUT2D eigenvalue weighted by molar-refractivity contribution is -0.384. The predicted octanol–water partition coefficient (Wildman–Crippen LogP) is 4.32. The van der Waals surface area contributed by atoms with Crippen LogP contribution in [-0.2, 0) is 4.79 Å². The molecular weight excluding hydrogens is 383 g/mol. The van der Waals surface area contributed by atoms with E-state index in [1.807, 2.05) is 0 Å². The number of hydrogen-bond acceptors (Lipinski definition) is 5. The van der Waals surface area contributed by atoms with Gasteiger partial charge in [-0.1, -0.05) is 29.3 Å². The quantitative estimate of drug-likeness (QED) is 0.473. The first-order valence-electron chi connectivity index (χ1n) is 7.46. The number of fused-ring (bicyclic) bond motifs is 1. The Morgan fingerprint density at radius 2 is 1.81 bits per heavy atom. The van der Waals surface area contributed by atoms with Crippen molar-refractivity contribution in [2.24, 2.45) is 0 Å². The van der Waals surface area contributed by atoms with Crippen molar-refractivity contribution in [2.45, 2.75) is 0 Å². The van der Waals surface area contributed by atoms with Crippen LogP contribution in [0.5, 0.6) is 11.5 Å². The third-order valence-electron chi connectivity index (χ3n) is 3.48. The van der Waals surface area contributed by atoms with Crippen LogP contribution in [0.25, 0.3) is 6.08 Å². The van der Waals surface area contributed by atoms with Crippen molar-refractivity contribution in [3.05, 3.63) is 62.1 Å². The second-order valence-electron chi connectivity index (χ2n) is 5.27. The summed E-state index contributed by atoms with van der Waals surface area (Å²) in [5, 5.41) is 13.8. The molecule has 2 aromatic rings. The number of carbonyl (C=O) groups is 1. The average molecular weight is 395 g/mol. The first-order valence-corrected chi connectivity index (χ1v) is 8.22. The lowest BCUT2D eigenvalue weighted by Gasteiger charge is -2.19. The van der Waals surface area contributed by atoms with E-state index in [1.165, 1.54) is 24.3 Å². The third kappa shape index (κ3) is 4.07. The number of benzene rings is 2. The Kier molecular flexibility index (Phi) is 5.29. The van der Waals surface area contributed by atoms with Gasteiger partial charge in [0.25, 0.3) is 5.69 Å². The molecule has 26 heavy (non-hydrogen) atoms. The van der Waals surface area contributed by atoms with E-state index in [-0.39, 0.29) is 10.7 Å². The molecule has 1 amide bonds. The SMILES string of the molecule is O=C(/C=C/c1ccc(Cl)c([N+](=O)[O-])c1)Nc1cc2c(cc1Cl)OCCO2. The van der Waals surface area contributed by atoms with Gasteiger partial charge >= 0.3 is 0 Å². The van der Waals surface area contributed by atoms with E-state index in [0.717, 1.165) is 0 Å². The van der Waals surface area contributed by atoms with E-state index in [9.17, 15) is 14.9 Å². The van der Waals surface area contributed by atoms with Crippen LogP contribution in [0.3, 0.4) is 0 Å². The van der Waals surface area contributed by atoms with Gasteiger partial charge in [0, 0.05) is 24.3 Å². The number of carbonyl (C=O) groups excluding carboxylic acids is 1. The van der Waals surface area contributed by atoms with Gasteiger partial charge in [0.2, 0.25) is 5.91 Å². The number of nitro benzene ring substituents is 1. The number of nitrogens with zero attached hydrogens (tertiary/aromatic N) is 1. The summed E-state index contributed by atoms with van der Waals surface area (Å²) in [5.41, 5.74) is 0.598. The molecule has 1 aliphatic rings. The number of nitrogens with one attached hydrogen (secondary N) is 1. The maximum absolute atomic E-state index is 12.1. The first kappa shape index (κ1) is 18.0. The number of ether oxygens (including phenoxy) is 2. The molecule has 0 saturated heterocycles. The van der Waals surface area contributed by atoms with Gasteiger partial charge in [-0.15, -0.1) is 0 Å². The van der Waals surface area contributed by atoms with E-state index >= 15 is 0 Å². The van der Waals surface area contributed by atoms with E-state index in [0.29, 0.717) is 41.0 Å². The molecular formula is C17H12Cl2N2O5. The normalized spacial score (nSPS) is 12.8. The van der Waals surface area contributed by atoms with Crippen molar-refractivity contribution in [3.8, 4) is 11.5 Å². The van der Waals surface area contributed by atoms with Crippen LogP contribution in [0.1, 0.15) is 5.56 Å². The highest BCUT2D eigenvalue weighted by Gasteiger charge is 2.16. The fraction of sp³-hybridized carbons (Fsp3) is 0.118. The van der Waals surface area contributed by atoms with Gasteiger partial charge in [0.15, 0.2) is 11.5 Å². The number of rotatable bonds is 4. The number of hydrogen-bond donors (Lipinski definition) is 1. The number of nitro groups is 1. The van der Waals surface area contributed by atoms with E-state index in [1.54, 1.807) is 18.2 Å². The molecule has 0 aliphatic carbocycles. The summed E-state index contributed by atoms with van der Waals surface area (Å²) in [6, 6.07) is 7.39. The molecule has 0 aromatic heterocycles. The Labute approximate surface area is 158 Å². The van der Waals surface area contributed by atoms with Gasteiger partial charge in [-0.2, -0.15) is 0 Å². The van der Waals surface area contributed by atoms with Crippen LogP contribution in [-0.4, -0.2) is 24.0 Å². The lowest BCUT2D eigenvalue weighted by Crippen LogP contribution is -2.16. The van der Waals surface area contributed by atoms with Crippen LogP contribution >= 0.6 is 23.2 Å². The third-order valence-corrected chi connectivity index (χ3v) is 4.12. The summed E-state index contributed by atoms with van der Waals surface area (Å²) in [4.78, 5) is 22.4. The summed E-state index contributed by atoms with van der Waals surface area (Å²) in [6.07, 6.45) is 2.67. The van der Waals surface area contributed by atoms with Gasteiger partial charge in [-0.05, 0) is 17.7 Å². The van der Waals surface area contributed by atoms with Gasteiger partial charge < -0.3 is 14.8 Å². The van der Waals surface area contributed by atoms with Crippen molar-refractivity contribution >= 4 is 46.6 Å². The molecule has 0 radical (unpaired) electrons. The van der Waals surface area contributed by atoms with Gasteiger partial charge in [0.1, 0.15) is 18.2 Å². The van der Waals surface area contributed by atoms with Crippen LogP contribution in [0.4, 0.5) is 11.4 Å². The van der Waals surface area contributed by atoms with Crippen molar-refractivity contribution in [2.75, 3.05) is 18.5 Å². The fourth-order valence-corrected chi connectivity index (χ4v) is 2.67. The highest BCUT2D eigenvalue weighted by atomic mass is 35.5. The molecule has 3 rings (SSSR count). The maximum Gasteiger partial charge on any atom is 0.288 e. The monoisotopic (exact) mass is 394 g/mol. The van der Waals surface area contributed by atoms with Crippen LogP contribution in [0, 0.1) is 10.1 Å². The van der Waals surface area contributed by atoms with Crippen molar-refractivity contribution < 1.29 is 19.2 Å². The predicted molar refractivity (Wildman–Crippen MR) is 98.2 cm³/mol. The zero-order valence-corrected chi connectivity index (χ0v) is 14.7. The van der Waals surface area contributed by atoms with Crippen molar-refractivity contribution in [1.29, 1.82) is 0 Å². The molecule has 0 atom stereocenters. The molecule has 9 heteroatoms. The number of amides is 1. The number of anilines is 1. The molecule has 0 fully saturated rings. The highest BCUT2D eigenvalue weighted by molar-refractivity contribution is 6.34. The summed E-state index contributed by atoms with van der Waals surface area (Å²) >= 11 is 11.9. The first-order chi connectivity index (χ1) is 12.4. The second kappa shape index (κ2) is 7.63. The smallest absolute Gasteiger partial charge is 0.288 e. The molecule has 2 aromatic carbocycles. The van der Waals surface area contributed by atoms with E-state index in [2.05, 4.69) is 5.32 Å². The second-order valence-corrected chi connectivity index (χ2v) is 6.08. The molecule has 134 valence electrons. The fourth-order valence-electron chi connectivity index (χ4n) is 2.28. The Hall–Kier alpha value is -2.77. The molecule has 0 saturated carbocycles. The van der Waals surface area contributed by atoms with Gasteiger partial charge in [-0.3, -0.25) is 14.9 Å². The largest absolute Gasteiger partial charge is 0.486 e. The van der Waals surface area contributed by atoms with E-state index in [4.69, 9.17) is 32.7 Å². The topological polar surface area (TPSA) is 90.7 Å². The molecule has 0 unspecified atom stereocenters. The molecule has 1 aliphatic heterocycles. The van der Waals surface area contributed by atoms with E-state index < -0.39 is 10.8 Å². The minimum atomic E-state index is -0.589. The van der Waals surface area contributed by atoms with Crippen LogP contribution in [0.2, 0.25) is 10.0 Å². The zero-order valence-electron chi connectivity index (χ0n) is 13.2. The Bertz CT molecular complexity index is 914. The number of halogens is 2. The Morgan fingerprint density at radius 3 is 2.50 bits per heavy atom. The summed E-state index contributed by atoms with van der Waals surface area (Å²) in [5.74, 6) is 0.553. The zero-order chi connectivity index (χ0) is 18.7. The summed E-state index contributed by atoms with van der Waals surface area (Å²) in [7, 11) is 0.